The summed E-state index contributed by atoms with van der Waals surface area (Å²) in [5.74, 6) is 0. The summed E-state index contributed by atoms with van der Waals surface area (Å²) in [4.78, 5) is 0. The number of hydrogen-bond donors (Lipinski definition) is 1. The molecule has 0 amide bonds. The monoisotopic (exact) mass is 278 g/mol. The molecule has 0 saturated heterocycles. The van der Waals surface area contributed by atoms with Crippen molar-refractivity contribution in [2.24, 2.45) is 0 Å². The molecular formula is C12H11AsOS. The SMILES string of the molecule is O[As](=S)(c1ccccc1)c1ccccc1. The molecule has 0 atom stereocenters. The van der Waals surface area contributed by atoms with Crippen LogP contribution in [0.15, 0.2) is 60.7 Å². The molecule has 0 unspecified atom stereocenters. The van der Waals surface area contributed by atoms with Gasteiger partial charge in [-0.15, -0.1) is 0 Å². The van der Waals surface area contributed by atoms with Gasteiger partial charge in [-0.1, -0.05) is 0 Å². The van der Waals surface area contributed by atoms with E-state index in [0.717, 1.165) is 8.70 Å². The Labute approximate surface area is 96.0 Å². The molecule has 76 valence electrons. The van der Waals surface area contributed by atoms with E-state index in [4.69, 9.17) is 10.4 Å². The summed E-state index contributed by atoms with van der Waals surface area (Å²) in [7, 11) is 5.40. The van der Waals surface area contributed by atoms with Gasteiger partial charge in [0, 0.05) is 0 Å². The van der Waals surface area contributed by atoms with Crippen molar-refractivity contribution in [3.8, 4) is 0 Å². The predicted molar refractivity (Wildman–Crippen MR) is 67.7 cm³/mol. The van der Waals surface area contributed by atoms with E-state index in [1.54, 1.807) is 0 Å². The second-order valence-electron chi connectivity index (χ2n) is 3.25. The molecule has 2 aromatic rings. The molecule has 0 heterocycles. The van der Waals surface area contributed by atoms with Crippen LogP contribution in [0.5, 0.6) is 0 Å². The number of rotatable bonds is 2. The normalized spacial score (nSPS) is 11.3. The van der Waals surface area contributed by atoms with E-state index in [9.17, 15) is 4.10 Å². The van der Waals surface area contributed by atoms with Gasteiger partial charge in [-0.05, 0) is 0 Å². The summed E-state index contributed by atoms with van der Waals surface area (Å²) < 4.78 is 12.2. The van der Waals surface area contributed by atoms with E-state index in [-0.39, 0.29) is 0 Å². The third kappa shape index (κ3) is 2.23. The van der Waals surface area contributed by atoms with Gasteiger partial charge in [0.2, 0.25) is 0 Å². The zero-order valence-electron chi connectivity index (χ0n) is 8.08. The van der Waals surface area contributed by atoms with Gasteiger partial charge in [0.15, 0.2) is 0 Å². The van der Waals surface area contributed by atoms with Gasteiger partial charge in [0.05, 0.1) is 0 Å². The molecule has 0 aliphatic rings. The van der Waals surface area contributed by atoms with Crippen LogP contribution in [0.1, 0.15) is 0 Å². The third-order valence-electron chi connectivity index (χ3n) is 2.21. The average Bonchev–Trinajstić information content (AvgIpc) is 2.31. The van der Waals surface area contributed by atoms with Crippen molar-refractivity contribution in [1.29, 1.82) is 0 Å². The first-order chi connectivity index (χ1) is 7.21. The van der Waals surface area contributed by atoms with E-state index in [0.29, 0.717) is 0 Å². The fourth-order valence-corrected chi connectivity index (χ4v) is 5.72. The fraction of sp³-hybridized carbons (Fsp3) is 0. The summed E-state index contributed by atoms with van der Waals surface area (Å²) in [6, 6.07) is 19.2. The molecule has 15 heavy (non-hydrogen) atoms. The van der Waals surface area contributed by atoms with Crippen molar-refractivity contribution in [2.45, 2.75) is 0 Å². The van der Waals surface area contributed by atoms with Gasteiger partial charge >= 0.3 is 96.1 Å². The molecule has 0 aliphatic carbocycles. The Morgan fingerprint density at radius 2 is 1.07 bits per heavy atom. The van der Waals surface area contributed by atoms with Gasteiger partial charge in [-0.3, -0.25) is 0 Å². The Bertz CT molecular complexity index is 438. The first-order valence-electron chi connectivity index (χ1n) is 4.65. The van der Waals surface area contributed by atoms with Crippen LogP contribution in [0.2, 0.25) is 0 Å². The Morgan fingerprint density at radius 3 is 1.40 bits per heavy atom. The quantitative estimate of drug-likeness (QED) is 0.839. The minimum absolute atomic E-state index is 0.900. The molecule has 2 rings (SSSR count). The van der Waals surface area contributed by atoms with Crippen LogP contribution in [-0.4, -0.2) is 16.3 Å². The van der Waals surface area contributed by atoms with E-state index in [1.807, 2.05) is 60.7 Å². The molecule has 2 aromatic carbocycles. The molecule has 1 nitrogen and oxygen atoms in total. The summed E-state index contributed by atoms with van der Waals surface area (Å²) in [6.45, 7) is 0. The number of hydrogen-bond acceptors (Lipinski definition) is 1. The summed E-state index contributed by atoms with van der Waals surface area (Å²) >= 11 is -3.24. The van der Waals surface area contributed by atoms with Gasteiger partial charge in [-0.2, -0.15) is 0 Å². The molecule has 0 spiro atoms. The Morgan fingerprint density at radius 1 is 0.733 bits per heavy atom. The van der Waals surface area contributed by atoms with Crippen LogP contribution in [0.3, 0.4) is 0 Å². The molecule has 0 bridgehead atoms. The molecule has 1 N–H and O–H groups in total. The maximum absolute atomic E-state index is 10.4. The second kappa shape index (κ2) is 4.36. The Balaban J connectivity index is 2.50. The zero-order valence-corrected chi connectivity index (χ0v) is 10.8. The zero-order chi connectivity index (χ0) is 10.7. The Hall–Kier alpha value is -0.822. The van der Waals surface area contributed by atoms with Crippen molar-refractivity contribution in [3.05, 3.63) is 60.7 Å². The Kier molecular flexibility index (Phi) is 3.11. The molecule has 0 radical (unpaired) electrons. The van der Waals surface area contributed by atoms with Crippen LogP contribution in [0.25, 0.3) is 0 Å². The van der Waals surface area contributed by atoms with Crippen molar-refractivity contribution in [3.63, 3.8) is 0 Å². The van der Waals surface area contributed by atoms with Crippen LogP contribution in [0.4, 0.5) is 0 Å². The molecule has 0 fully saturated rings. The van der Waals surface area contributed by atoms with Crippen molar-refractivity contribution in [2.75, 3.05) is 0 Å². The van der Waals surface area contributed by atoms with Crippen LogP contribution >= 0.6 is 10.4 Å². The first-order valence-corrected chi connectivity index (χ1v) is 10.0. The van der Waals surface area contributed by atoms with Gasteiger partial charge < -0.3 is 0 Å². The maximum atomic E-state index is 10.4. The van der Waals surface area contributed by atoms with Gasteiger partial charge in [0.1, 0.15) is 0 Å². The minimum atomic E-state index is -3.24. The van der Waals surface area contributed by atoms with E-state index in [2.05, 4.69) is 0 Å². The van der Waals surface area contributed by atoms with Crippen molar-refractivity contribution >= 4 is 31.3 Å². The second-order valence-corrected chi connectivity index (χ2v) is 10.6. The van der Waals surface area contributed by atoms with Gasteiger partial charge in [-0.25, -0.2) is 0 Å². The molecule has 3 heteroatoms. The molecule has 0 aliphatic heterocycles. The van der Waals surface area contributed by atoms with E-state index >= 15 is 0 Å². The van der Waals surface area contributed by atoms with Gasteiger partial charge in [0.25, 0.3) is 0 Å². The molecule has 0 saturated carbocycles. The topological polar surface area (TPSA) is 20.2 Å². The van der Waals surface area contributed by atoms with Crippen LogP contribution in [-0.2, 0) is 0 Å². The molecule has 0 aromatic heterocycles. The summed E-state index contributed by atoms with van der Waals surface area (Å²) in [5, 5.41) is 0. The summed E-state index contributed by atoms with van der Waals surface area (Å²) in [5.41, 5.74) is 0. The summed E-state index contributed by atoms with van der Waals surface area (Å²) in [6.07, 6.45) is 0. The van der Waals surface area contributed by atoms with Crippen molar-refractivity contribution in [1.82, 2.24) is 0 Å². The number of benzene rings is 2. The third-order valence-corrected chi connectivity index (χ3v) is 8.59. The van der Waals surface area contributed by atoms with Crippen LogP contribution in [0, 0.1) is 0 Å². The van der Waals surface area contributed by atoms with E-state index in [1.165, 1.54) is 0 Å². The molecular weight excluding hydrogens is 267 g/mol. The fourth-order valence-electron chi connectivity index (χ4n) is 1.41. The van der Waals surface area contributed by atoms with Crippen LogP contribution < -0.4 is 8.70 Å². The average molecular weight is 278 g/mol. The predicted octanol–water partition coefficient (Wildman–Crippen LogP) is 1.43. The standard InChI is InChI=1S/C12H11AsOS/c14-13(15,11-7-3-1-4-8-11)12-9-5-2-6-10-12/h1-10H,(H,14,15). The van der Waals surface area contributed by atoms with Crippen molar-refractivity contribution < 1.29 is 4.10 Å². The first kappa shape index (κ1) is 10.7. The van der Waals surface area contributed by atoms with E-state index < -0.39 is 12.2 Å².